The van der Waals surface area contributed by atoms with Crippen LogP contribution in [0.25, 0.3) is 0 Å². The van der Waals surface area contributed by atoms with Crippen LogP contribution in [0.15, 0.2) is 38.9 Å². The Labute approximate surface area is 200 Å². The molecule has 186 valence electrons. The number of carbonyl (C=O) groups is 2. The minimum absolute atomic E-state index is 0.0226. The number of sulfonamides is 1. The summed E-state index contributed by atoms with van der Waals surface area (Å²) in [6, 6.07) is 3.99. The van der Waals surface area contributed by atoms with Gasteiger partial charge in [0.05, 0.1) is 24.7 Å². The van der Waals surface area contributed by atoms with Gasteiger partial charge in [0.2, 0.25) is 0 Å². The van der Waals surface area contributed by atoms with Crippen molar-refractivity contribution in [2.75, 3.05) is 40.4 Å². The van der Waals surface area contributed by atoms with Gasteiger partial charge >= 0.3 is 5.97 Å². The number of carbonyl (C=O) groups excluding carboxylic acids is 2. The molecule has 1 aromatic carbocycles. The summed E-state index contributed by atoms with van der Waals surface area (Å²) in [5.74, 6) is -0.650. The third-order valence-electron chi connectivity index (χ3n) is 6.04. The lowest BCUT2D eigenvalue weighted by atomic mass is 10.1. The molecule has 11 heteroatoms. The average Bonchev–Trinajstić information content (AvgIpc) is 3.49. The second kappa shape index (κ2) is 10.9. The predicted molar refractivity (Wildman–Crippen MR) is 127 cm³/mol. The lowest BCUT2D eigenvalue weighted by molar-refractivity contribution is -0.136. The third kappa shape index (κ3) is 5.35. The Bertz CT molecular complexity index is 1110. The van der Waals surface area contributed by atoms with Gasteiger partial charge < -0.3 is 24.6 Å². The van der Waals surface area contributed by atoms with E-state index in [2.05, 4.69) is 9.71 Å². The van der Waals surface area contributed by atoms with Gasteiger partial charge in [-0.05, 0) is 51.3 Å². The average molecular weight is 493 g/mol. The second-order valence-electron chi connectivity index (χ2n) is 7.98. The number of hydrogen-bond acceptors (Lipinski definition) is 7. The van der Waals surface area contributed by atoms with E-state index in [9.17, 15) is 18.0 Å². The Kier molecular flexibility index (Phi) is 8.19. The third-order valence-corrected chi connectivity index (χ3v) is 7.34. The Balaban J connectivity index is 1.98. The van der Waals surface area contributed by atoms with Crippen molar-refractivity contribution >= 4 is 27.7 Å². The number of esters is 1. The smallest absolute Gasteiger partial charge is 0.356 e. The van der Waals surface area contributed by atoms with Crippen LogP contribution in [0, 0.1) is 0 Å². The number of nitrogens with zero attached hydrogens (tertiary/aromatic N) is 3. The van der Waals surface area contributed by atoms with Gasteiger partial charge in [-0.2, -0.15) is 8.42 Å². The molecule has 2 aliphatic heterocycles. The number of hydrogen-bond donors (Lipinski definition) is 1. The number of benzene rings is 1. The number of amides is 1. The van der Waals surface area contributed by atoms with E-state index in [0.29, 0.717) is 37.5 Å². The van der Waals surface area contributed by atoms with Crippen LogP contribution >= 0.6 is 0 Å². The molecule has 0 saturated carbocycles. The molecular weight excluding hydrogens is 460 g/mol. The van der Waals surface area contributed by atoms with Gasteiger partial charge in [-0.3, -0.25) is 4.79 Å². The first-order valence-electron chi connectivity index (χ1n) is 11.4. The van der Waals surface area contributed by atoms with E-state index in [0.717, 1.165) is 25.9 Å². The predicted octanol–water partition coefficient (Wildman–Crippen LogP) is 2.13. The zero-order chi connectivity index (χ0) is 24.9. The fourth-order valence-corrected chi connectivity index (χ4v) is 5.36. The fraction of sp³-hybridized carbons (Fsp3) is 0.522. The number of amidine groups is 1. The van der Waals surface area contributed by atoms with Crippen LogP contribution in [0.5, 0.6) is 5.75 Å². The maximum atomic E-state index is 13.2. The largest absolute Gasteiger partial charge is 0.496 e. The van der Waals surface area contributed by atoms with Crippen molar-refractivity contribution in [3.05, 3.63) is 35.2 Å². The highest BCUT2D eigenvalue weighted by Crippen LogP contribution is 2.27. The van der Waals surface area contributed by atoms with E-state index in [1.165, 1.54) is 32.4 Å². The summed E-state index contributed by atoms with van der Waals surface area (Å²) < 4.78 is 40.2. The topological polar surface area (TPSA) is 118 Å². The summed E-state index contributed by atoms with van der Waals surface area (Å²) >= 11 is 0. The van der Waals surface area contributed by atoms with E-state index in [-0.39, 0.29) is 21.9 Å². The van der Waals surface area contributed by atoms with Crippen molar-refractivity contribution in [3.63, 3.8) is 0 Å². The molecule has 0 bridgehead atoms. The Morgan fingerprint density at radius 1 is 1.06 bits per heavy atom. The number of nitrogens with one attached hydrogen (secondary N) is 1. The molecule has 2 saturated heterocycles. The van der Waals surface area contributed by atoms with E-state index in [1.807, 2.05) is 23.6 Å². The molecule has 1 aromatic rings. The fourth-order valence-electron chi connectivity index (χ4n) is 4.26. The van der Waals surface area contributed by atoms with Gasteiger partial charge in [0.15, 0.2) is 0 Å². The van der Waals surface area contributed by atoms with E-state index < -0.39 is 21.9 Å². The van der Waals surface area contributed by atoms with Crippen LogP contribution in [0.2, 0.25) is 0 Å². The highest BCUT2D eigenvalue weighted by molar-refractivity contribution is 7.90. The van der Waals surface area contributed by atoms with Gasteiger partial charge in [0.1, 0.15) is 17.3 Å². The first kappa shape index (κ1) is 25.5. The molecule has 1 amide bonds. The zero-order valence-electron chi connectivity index (χ0n) is 20.1. The highest BCUT2D eigenvalue weighted by atomic mass is 32.2. The van der Waals surface area contributed by atoms with Crippen molar-refractivity contribution < 1.29 is 27.5 Å². The molecule has 0 aliphatic carbocycles. The summed E-state index contributed by atoms with van der Waals surface area (Å²) in [5, 5.41) is 2.64. The quantitative estimate of drug-likeness (QED) is 0.433. The summed E-state index contributed by atoms with van der Waals surface area (Å²) in [6.45, 7) is 6.79. The van der Waals surface area contributed by atoms with Crippen molar-refractivity contribution in [2.24, 2.45) is 4.40 Å². The Morgan fingerprint density at radius 2 is 1.74 bits per heavy atom. The van der Waals surface area contributed by atoms with Crippen LogP contribution in [0.4, 0.5) is 0 Å². The SMILES string of the molecule is CCN1CCC/C1=C(/NC(=O)c1cc(S(=O)(=O)/N=C2\CCCN2CC)ccc1OC)C(=O)OC. The van der Waals surface area contributed by atoms with Crippen molar-refractivity contribution in [2.45, 2.75) is 44.4 Å². The Hall–Kier alpha value is -3.08. The number of allylic oxidation sites excluding steroid dienone is 1. The maximum absolute atomic E-state index is 13.2. The van der Waals surface area contributed by atoms with Gasteiger partial charge in [0.25, 0.3) is 15.9 Å². The molecule has 0 atom stereocenters. The molecule has 2 fully saturated rings. The van der Waals surface area contributed by atoms with E-state index in [4.69, 9.17) is 9.47 Å². The lowest BCUT2D eigenvalue weighted by Crippen LogP contribution is -2.33. The minimum atomic E-state index is -4.05. The molecule has 0 unspecified atom stereocenters. The van der Waals surface area contributed by atoms with Crippen LogP contribution < -0.4 is 10.1 Å². The normalized spacial score (nSPS) is 18.9. The van der Waals surface area contributed by atoms with Crippen LogP contribution in [-0.4, -0.2) is 76.3 Å². The standard InChI is InChI=1S/C23H32N4O6S/c1-5-26-13-7-9-18(26)21(23(29)33-4)24-22(28)17-15-16(11-12-19(17)32-3)34(30,31)25-20-10-8-14-27(20)6-2/h11-12,15H,5-10,13-14H2,1-4H3,(H,24,28)/b21-18-,25-20+. The summed E-state index contributed by atoms with van der Waals surface area (Å²) in [6.07, 6.45) is 2.90. The van der Waals surface area contributed by atoms with Gasteiger partial charge in [-0.1, -0.05) is 0 Å². The Morgan fingerprint density at radius 3 is 2.38 bits per heavy atom. The maximum Gasteiger partial charge on any atom is 0.356 e. The zero-order valence-corrected chi connectivity index (χ0v) is 20.9. The number of ether oxygens (including phenoxy) is 2. The van der Waals surface area contributed by atoms with E-state index >= 15 is 0 Å². The van der Waals surface area contributed by atoms with Crippen molar-refractivity contribution in [1.29, 1.82) is 0 Å². The molecular formula is C23H32N4O6S. The first-order valence-corrected chi connectivity index (χ1v) is 12.8. The summed E-state index contributed by atoms with van der Waals surface area (Å²) in [4.78, 5) is 29.5. The summed E-state index contributed by atoms with van der Waals surface area (Å²) in [5.41, 5.74) is 0.718. The van der Waals surface area contributed by atoms with Crippen molar-refractivity contribution in [3.8, 4) is 5.75 Å². The monoisotopic (exact) mass is 492 g/mol. The van der Waals surface area contributed by atoms with Gasteiger partial charge in [-0.15, -0.1) is 4.40 Å². The molecule has 0 radical (unpaired) electrons. The molecule has 0 spiro atoms. The van der Waals surface area contributed by atoms with E-state index in [1.54, 1.807) is 0 Å². The lowest BCUT2D eigenvalue weighted by Gasteiger charge is -2.21. The minimum Gasteiger partial charge on any atom is -0.496 e. The number of methoxy groups -OCH3 is 2. The highest BCUT2D eigenvalue weighted by Gasteiger charge is 2.28. The summed E-state index contributed by atoms with van der Waals surface area (Å²) in [7, 11) is -1.42. The van der Waals surface area contributed by atoms with Crippen LogP contribution in [0.1, 0.15) is 49.9 Å². The van der Waals surface area contributed by atoms with Gasteiger partial charge in [-0.25, -0.2) is 4.79 Å². The molecule has 34 heavy (non-hydrogen) atoms. The van der Waals surface area contributed by atoms with Crippen LogP contribution in [-0.2, 0) is 19.6 Å². The molecule has 3 rings (SSSR count). The first-order chi connectivity index (χ1) is 16.2. The second-order valence-corrected chi connectivity index (χ2v) is 9.58. The van der Waals surface area contributed by atoms with Crippen LogP contribution in [0.3, 0.4) is 0 Å². The van der Waals surface area contributed by atoms with Gasteiger partial charge in [0, 0.05) is 38.3 Å². The molecule has 2 heterocycles. The molecule has 1 N–H and O–H groups in total. The number of likely N-dealkylation sites (tertiary alicyclic amines) is 2. The van der Waals surface area contributed by atoms with Crippen molar-refractivity contribution in [1.82, 2.24) is 15.1 Å². The molecule has 2 aliphatic rings. The molecule has 0 aromatic heterocycles. The molecule has 10 nitrogen and oxygen atoms in total. The number of rotatable bonds is 8.